The molecule has 5 heteroatoms. The largest absolute Gasteiger partial charge is 0.464 e. The molecule has 1 saturated carbocycles. The second kappa shape index (κ2) is 7.22. The number of aromatic nitrogens is 2. The van der Waals surface area contributed by atoms with E-state index in [4.69, 9.17) is 0 Å². The van der Waals surface area contributed by atoms with Gasteiger partial charge in [-0.3, -0.25) is 4.98 Å². The Balaban J connectivity index is 1.80. The Labute approximate surface area is 120 Å². The van der Waals surface area contributed by atoms with Crippen LogP contribution in [0.15, 0.2) is 12.4 Å². The summed E-state index contributed by atoms with van der Waals surface area (Å²) in [5, 5.41) is 3.24. The molecule has 2 rings (SSSR count). The summed E-state index contributed by atoms with van der Waals surface area (Å²) in [5.41, 5.74) is 0.240. The predicted molar refractivity (Wildman–Crippen MR) is 77.6 cm³/mol. The van der Waals surface area contributed by atoms with Crippen LogP contribution in [0.3, 0.4) is 0 Å². The first-order valence-electron chi connectivity index (χ1n) is 7.33. The van der Waals surface area contributed by atoms with Crippen molar-refractivity contribution >= 4 is 11.8 Å². The van der Waals surface area contributed by atoms with E-state index in [0.717, 1.165) is 24.8 Å². The molecule has 0 bridgehead atoms. The number of rotatable bonds is 5. The Bertz CT molecular complexity index is 450. The van der Waals surface area contributed by atoms with Crippen LogP contribution in [-0.2, 0) is 4.74 Å². The van der Waals surface area contributed by atoms with Crippen molar-refractivity contribution in [2.45, 2.75) is 39.0 Å². The summed E-state index contributed by atoms with van der Waals surface area (Å²) < 4.78 is 4.63. The van der Waals surface area contributed by atoms with Crippen molar-refractivity contribution in [2.24, 2.45) is 11.8 Å². The minimum atomic E-state index is -0.456. The zero-order valence-electron chi connectivity index (χ0n) is 12.3. The van der Waals surface area contributed by atoms with E-state index in [1.54, 1.807) is 6.20 Å². The summed E-state index contributed by atoms with van der Waals surface area (Å²) in [4.78, 5) is 19.6. The van der Waals surface area contributed by atoms with Crippen LogP contribution < -0.4 is 5.32 Å². The third kappa shape index (κ3) is 4.18. The minimum Gasteiger partial charge on any atom is -0.464 e. The Morgan fingerprint density at radius 2 is 2.30 bits per heavy atom. The molecule has 0 spiro atoms. The van der Waals surface area contributed by atoms with Gasteiger partial charge in [0.1, 0.15) is 5.82 Å². The Kier molecular flexibility index (Phi) is 5.32. The van der Waals surface area contributed by atoms with Crippen LogP contribution in [-0.4, -0.2) is 29.6 Å². The zero-order valence-corrected chi connectivity index (χ0v) is 12.3. The van der Waals surface area contributed by atoms with Gasteiger partial charge in [-0.15, -0.1) is 0 Å². The number of methoxy groups -OCH3 is 1. The Morgan fingerprint density at radius 3 is 3.05 bits per heavy atom. The number of esters is 1. The fourth-order valence-corrected chi connectivity index (χ4v) is 2.88. The first-order valence-corrected chi connectivity index (χ1v) is 7.33. The van der Waals surface area contributed by atoms with Crippen molar-refractivity contribution in [1.82, 2.24) is 9.97 Å². The molecule has 20 heavy (non-hydrogen) atoms. The van der Waals surface area contributed by atoms with E-state index in [9.17, 15) is 4.79 Å². The van der Waals surface area contributed by atoms with Crippen LogP contribution in [0.25, 0.3) is 0 Å². The van der Waals surface area contributed by atoms with Crippen molar-refractivity contribution < 1.29 is 9.53 Å². The third-order valence-corrected chi connectivity index (χ3v) is 3.93. The van der Waals surface area contributed by atoms with Crippen molar-refractivity contribution in [1.29, 1.82) is 0 Å². The summed E-state index contributed by atoms with van der Waals surface area (Å²) in [6, 6.07) is 0. The third-order valence-electron chi connectivity index (χ3n) is 3.93. The number of hydrogen-bond donors (Lipinski definition) is 1. The normalized spacial score (nSPS) is 22.3. The maximum atomic E-state index is 11.4. The van der Waals surface area contributed by atoms with Gasteiger partial charge in [-0.2, -0.15) is 0 Å². The highest BCUT2D eigenvalue weighted by Crippen LogP contribution is 2.30. The van der Waals surface area contributed by atoms with Gasteiger partial charge in [0.25, 0.3) is 0 Å². The van der Waals surface area contributed by atoms with Gasteiger partial charge in [0.05, 0.1) is 19.5 Å². The van der Waals surface area contributed by atoms with Crippen molar-refractivity contribution in [2.75, 3.05) is 19.0 Å². The molecule has 0 aromatic carbocycles. The second-order valence-corrected chi connectivity index (χ2v) is 5.63. The van der Waals surface area contributed by atoms with Crippen LogP contribution in [0.2, 0.25) is 0 Å². The van der Waals surface area contributed by atoms with Crippen LogP contribution in [0.1, 0.15) is 49.5 Å². The number of ether oxygens (including phenoxy) is 1. The van der Waals surface area contributed by atoms with Crippen LogP contribution in [0.4, 0.5) is 5.82 Å². The molecule has 0 aliphatic heterocycles. The van der Waals surface area contributed by atoms with E-state index >= 15 is 0 Å². The first kappa shape index (κ1) is 14.8. The molecule has 0 amide bonds. The maximum absolute atomic E-state index is 11.4. The number of nitrogens with one attached hydrogen (secondary N) is 1. The van der Waals surface area contributed by atoms with Gasteiger partial charge in [-0.05, 0) is 24.7 Å². The quantitative estimate of drug-likeness (QED) is 0.838. The van der Waals surface area contributed by atoms with Gasteiger partial charge in [-0.1, -0.05) is 26.2 Å². The number of nitrogens with zero attached hydrogens (tertiary/aromatic N) is 2. The number of hydrogen-bond acceptors (Lipinski definition) is 5. The molecule has 0 saturated heterocycles. The summed E-state index contributed by atoms with van der Waals surface area (Å²) in [5.74, 6) is 1.85. The van der Waals surface area contributed by atoms with E-state index in [1.165, 1.54) is 39.0 Å². The molecule has 0 radical (unpaired) electrons. The molecule has 1 fully saturated rings. The highest BCUT2D eigenvalue weighted by Gasteiger charge is 2.18. The maximum Gasteiger partial charge on any atom is 0.358 e. The van der Waals surface area contributed by atoms with Gasteiger partial charge in [-0.25, -0.2) is 9.78 Å². The van der Waals surface area contributed by atoms with Gasteiger partial charge in [0, 0.05) is 6.54 Å². The highest BCUT2D eigenvalue weighted by molar-refractivity contribution is 5.87. The average molecular weight is 277 g/mol. The van der Waals surface area contributed by atoms with Crippen LogP contribution >= 0.6 is 0 Å². The predicted octanol–water partition coefficient (Wildman–Crippen LogP) is 2.89. The highest BCUT2D eigenvalue weighted by atomic mass is 16.5. The molecule has 1 aromatic heterocycles. The smallest absolute Gasteiger partial charge is 0.358 e. The molecule has 1 aliphatic carbocycles. The summed E-state index contributed by atoms with van der Waals surface area (Å²) in [6.45, 7) is 3.21. The lowest BCUT2D eigenvalue weighted by Crippen LogP contribution is -2.17. The molecular weight excluding hydrogens is 254 g/mol. The van der Waals surface area contributed by atoms with E-state index in [1.807, 2.05) is 0 Å². The number of carbonyl (C=O) groups is 1. The molecule has 2 unspecified atom stereocenters. The molecule has 1 N–H and O–H groups in total. The topological polar surface area (TPSA) is 64.1 Å². The van der Waals surface area contributed by atoms with Crippen molar-refractivity contribution in [3.63, 3.8) is 0 Å². The van der Waals surface area contributed by atoms with E-state index < -0.39 is 5.97 Å². The first-order chi connectivity index (χ1) is 9.69. The fraction of sp³-hybridized carbons (Fsp3) is 0.667. The molecule has 1 heterocycles. The Morgan fingerprint density at radius 1 is 1.45 bits per heavy atom. The lowest BCUT2D eigenvalue weighted by molar-refractivity contribution is 0.0593. The molecule has 110 valence electrons. The van der Waals surface area contributed by atoms with Crippen molar-refractivity contribution in [3.05, 3.63) is 18.1 Å². The van der Waals surface area contributed by atoms with Crippen LogP contribution in [0, 0.1) is 11.8 Å². The van der Waals surface area contributed by atoms with Gasteiger partial charge in [0.15, 0.2) is 5.69 Å². The Hall–Kier alpha value is -1.65. The molecule has 1 aromatic rings. The number of carbonyl (C=O) groups excluding carboxylic acids is 1. The zero-order chi connectivity index (χ0) is 14.4. The van der Waals surface area contributed by atoms with Crippen molar-refractivity contribution in [3.8, 4) is 0 Å². The summed E-state index contributed by atoms with van der Waals surface area (Å²) in [6.07, 6.45) is 9.58. The van der Waals surface area contributed by atoms with E-state index in [2.05, 4.69) is 26.9 Å². The van der Waals surface area contributed by atoms with E-state index in [0.29, 0.717) is 5.82 Å². The lowest BCUT2D eigenvalue weighted by Gasteiger charge is -2.26. The molecule has 1 aliphatic rings. The fourth-order valence-electron chi connectivity index (χ4n) is 2.88. The summed E-state index contributed by atoms with van der Waals surface area (Å²) in [7, 11) is 1.34. The second-order valence-electron chi connectivity index (χ2n) is 5.63. The molecular formula is C15H23N3O2. The minimum absolute atomic E-state index is 0.240. The van der Waals surface area contributed by atoms with Crippen LogP contribution in [0.5, 0.6) is 0 Å². The summed E-state index contributed by atoms with van der Waals surface area (Å²) >= 11 is 0. The SMILES string of the molecule is COC(=O)c1cncc(NCCC2CCCC(C)C2)n1. The average Bonchev–Trinajstić information content (AvgIpc) is 2.47. The van der Waals surface area contributed by atoms with Gasteiger partial charge in [0.2, 0.25) is 0 Å². The lowest BCUT2D eigenvalue weighted by atomic mass is 9.81. The molecule has 5 nitrogen and oxygen atoms in total. The van der Waals surface area contributed by atoms with Gasteiger partial charge >= 0.3 is 5.97 Å². The standard InChI is InChI=1S/C15H23N3O2/c1-11-4-3-5-12(8-11)6-7-17-14-10-16-9-13(18-14)15(19)20-2/h9-12H,3-8H2,1-2H3,(H,17,18). The number of anilines is 1. The van der Waals surface area contributed by atoms with Gasteiger partial charge < -0.3 is 10.1 Å². The van der Waals surface area contributed by atoms with E-state index in [-0.39, 0.29) is 5.69 Å². The molecule has 2 atom stereocenters. The monoisotopic (exact) mass is 277 g/mol.